The van der Waals surface area contributed by atoms with Gasteiger partial charge in [0.1, 0.15) is 22.9 Å². The van der Waals surface area contributed by atoms with Crippen molar-refractivity contribution in [1.82, 2.24) is 19.7 Å². The van der Waals surface area contributed by atoms with Crippen molar-refractivity contribution in [2.45, 2.75) is 39.5 Å². The number of rotatable bonds is 9. The molecular weight excluding hydrogens is 431 g/mol. The number of nitrogens with zero attached hydrogens (tertiary/aromatic N) is 4. The topological polar surface area (TPSA) is 64.9 Å². The summed E-state index contributed by atoms with van der Waals surface area (Å²) in [6, 6.07) is 5.52. The molecule has 0 aliphatic rings. The van der Waals surface area contributed by atoms with Crippen molar-refractivity contribution < 1.29 is 17.9 Å². The summed E-state index contributed by atoms with van der Waals surface area (Å²) in [6.07, 6.45) is 2.83. The van der Waals surface area contributed by atoms with Crippen LogP contribution in [0.3, 0.4) is 0 Å². The zero-order valence-corrected chi connectivity index (χ0v) is 17.9. The molecule has 6 nitrogen and oxygen atoms in total. The van der Waals surface area contributed by atoms with Gasteiger partial charge >= 0.3 is 6.36 Å². The summed E-state index contributed by atoms with van der Waals surface area (Å²) in [7, 11) is 0. The molecule has 1 aromatic carbocycles. The van der Waals surface area contributed by atoms with Gasteiger partial charge in [-0.2, -0.15) is 5.10 Å². The van der Waals surface area contributed by atoms with E-state index in [1.54, 1.807) is 10.9 Å². The summed E-state index contributed by atoms with van der Waals surface area (Å²) in [5, 5.41) is 8.03. The molecule has 0 bridgehead atoms. The molecule has 0 aliphatic heterocycles. The van der Waals surface area contributed by atoms with Crippen LogP contribution in [0.15, 0.2) is 43.0 Å². The van der Waals surface area contributed by atoms with Crippen LogP contribution in [-0.2, 0) is 12.8 Å². The highest BCUT2D eigenvalue weighted by Crippen LogP contribution is 2.25. The van der Waals surface area contributed by atoms with E-state index in [2.05, 4.69) is 39.0 Å². The summed E-state index contributed by atoms with van der Waals surface area (Å²) >= 11 is 6.44. The average molecular weight is 454 g/mol. The molecule has 31 heavy (non-hydrogen) atoms. The Bertz CT molecular complexity index is 991. The maximum Gasteiger partial charge on any atom is 0.573 e. The zero-order valence-electron chi connectivity index (χ0n) is 17.2. The second kappa shape index (κ2) is 10.00. The van der Waals surface area contributed by atoms with E-state index in [1.807, 2.05) is 6.20 Å². The first-order valence-electron chi connectivity index (χ1n) is 9.88. The van der Waals surface area contributed by atoms with Crippen molar-refractivity contribution in [3.05, 3.63) is 59.3 Å². The highest BCUT2D eigenvalue weighted by atomic mass is 35.5. The molecule has 3 aromatic rings. The van der Waals surface area contributed by atoms with E-state index < -0.39 is 6.36 Å². The van der Waals surface area contributed by atoms with Gasteiger partial charge < -0.3 is 10.1 Å². The highest BCUT2D eigenvalue weighted by Gasteiger charge is 2.31. The molecule has 0 amide bonds. The van der Waals surface area contributed by atoms with E-state index in [0.29, 0.717) is 35.4 Å². The second-order valence-corrected chi connectivity index (χ2v) is 7.59. The molecule has 1 atom stereocenters. The number of alkyl halides is 3. The van der Waals surface area contributed by atoms with Crippen molar-refractivity contribution in [2.75, 3.05) is 11.9 Å². The first kappa shape index (κ1) is 22.9. The summed E-state index contributed by atoms with van der Waals surface area (Å²) in [5.74, 6) is 0.810. The lowest BCUT2D eigenvalue weighted by Gasteiger charge is -2.12. The molecule has 1 unspecified atom stereocenters. The first-order valence-corrected chi connectivity index (χ1v) is 10.3. The third-order valence-electron chi connectivity index (χ3n) is 4.78. The van der Waals surface area contributed by atoms with E-state index in [4.69, 9.17) is 11.6 Å². The molecule has 0 saturated carbocycles. The molecule has 2 heterocycles. The van der Waals surface area contributed by atoms with E-state index in [0.717, 1.165) is 24.1 Å². The van der Waals surface area contributed by atoms with Crippen molar-refractivity contribution >= 4 is 17.4 Å². The Hall–Kier alpha value is -2.81. The monoisotopic (exact) mass is 453 g/mol. The lowest BCUT2D eigenvalue weighted by molar-refractivity contribution is -0.274. The number of benzene rings is 1. The normalized spacial score (nSPS) is 12.6. The number of ether oxygens (including phenoxy) is 1. The van der Waals surface area contributed by atoms with Gasteiger partial charge in [0.05, 0.1) is 17.6 Å². The van der Waals surface area contributed by atoms with Gasteiger partial charge in [0.25, 0.3) is 0 Å². The van der Waals surface area contributed by atoms with Crippen molar-refractivity contribution in [3.8, 4) is 11.4 Å². The van der Waals surface area contributed by atoms with Gasteiger partial charge in [0.2, 0.25) is 0 Å². The number of hydrogen-bond donors (Lipinski definition) is 1. The molecule has 0 fully saturated rings. The van der Waals surface area contributed by atoms with Crippen molar-refractivity contribution in [3.63, 3.8) is 0 Å². The van der Waals surface area contributed by atoms with Crippen LogP contribution in [0.5, 0.6) is 5.75 Å². The molecule has 0 aliphatic carbocycles. The van der Waals surface area contributed by atoms with Crippen LogP contribution in [0, 0.1) is 5.92 Å². The first-order chi connectivity index (χ1) is 14.7. The minimum Gasteiger partial charge on any atom is -0.406 e. The number of aromatic nitrogens is 4. The number of hydrogen-bond acceptors (Lipinski definition) is 5. The SMILES string of the molecule is CCC(C)Cc1ncnc(NCCc2cnn(-c3ccc(OC(F)(F)F)cc3)c2)c1Cl. The van der Waals surface area contributed by atoms with E-state index >= 15 is 0 Å². The lowest BCUT2D eigenvalue weighted by Crippen LogP contribution is -2.17. The molecule has 0 spiro atoms. The van der Waals surface area contributed by atoms with Gasteiger partial charge in [-0.15, -0.1) is 13.2 Å². The molecule has 1 N–H and O–H groups in total. The van der Waals surface area contributed by atoms with Crippen LogP contribution < -0.4 is 10.1 Å². The van der Waals surface area contributed by atoms with Gasteiger partial charge in [-0.05, 0) is 48.6 Å². The smallest absolute Gasteiger partial charge is 0.406 e. The molecule has 10 heteroatoms. The van der Waals surface area contributed by atoms with Gasteiger partial charge in [-0.25, -0.2) is 14.6 Å². The standard InChI is InChI=1S/C21H23ClF3N5O/c1-3-14(2)10-18-19(22)20(28-13-27-18)26-9-8-15-11-29-30(12-15)16-4-6-17(7-5-16)31-21(23,24)25/h4-7,11-14H,3,8-10H2,1-2H3,(H,26,27,28). The maximum absolute atomic E-state index is 12.3. The Balaban J connectivity index is 1.57. The van der Waals surface area contributed by atoms with E-state index in [9.17, 15) is 13.2 Å². The molecule has 166 valence electrons. The molecule has 0 saturated heterocycles. The van der Waals surface area contributed by atoms with E-state index in [-0.39, 0.29) is 5.75 Å². The Morgan fingerprint density at radius 1 is 1.19 bits per heavy atom. The molecular formula is C21H23ClF3N5O. The number of nitrogens with one attached hydrogen (secondary N) is 1. The number of halogens is 4. The van der Waals surface area contributed by atoms with Crippen molar-refractivity contribution in [2.24, 2.45) is 5.92 Å². The van der Waals surface area contributed by atoms with Gasteiger partial charge in [-0.1, -0.05) is 31.9 Å². The third kappa shape index (κ3) is 6.58. The van der Waals surface area contributed by atoms with Crippen LogP contribution in [0.4, 0.5) is 19.0 Å². The van der Waals surface area contributed by atoms with Crippen LogP contribution >= 0.6 is 11.6 Å². The largest absolute Gasteiger partial charge is 0.573 e. The predicted molar refractivity (Wildman–Crippen MR) is 113 cm³/mol. The Morgan fingerprint density at radius 3 is 2.61 bits per heavy atom. The summed E-state index contributed by atoms with van der Waals surface area (Å²) in [6.45, 7) is 4.87. The maximum atomic E-state index is 12.3. The average Bonchev–Trinajstić information content (AvgIpc) is 3.19. The summed E-state index contributed by atoms with van der Waals surface area (Å²) in [5.41, 5.74) is 2.41. The molecule has 0 radical (unpaired) electrons. The Morgan fingerprint density at radius 2 is 1.94 bits per heavy atom. The van der Waals surface area contributed by atoms with E-state index in [1.165, 1.54) is 30.6 Å². The van der Waals surface area contributed by atoms with Crippen LogP contribution in [0.2, 0.25) is 5.02 Å². The minimum absolute atomic E-state index is 0.276. The molecule has 2 aromatic heterocycles. The molecule has 3 rings (SSSR count). The fourth-order valence-corrected chi connectivity index (χ4v) is 3.14. The van der Waals surface area contributed by atoms with Gasteiger partial charge in [0.15, 0.2) is 0 Å². The third-order valence-corrected chi connectivity index (χ3v) is 5.17. The summed E-state index contributed by atoms with van der Waals surface area (Å²) in [4.78, 5) is 8.51. The van der Waals surface area contributed by atoms with Crippen LogP contribution in [-0.4, -0.2) is 32.7 Å². The summed E-state index contributed by atoms with van der Waals surface area (Å²) < 4.78 is 42.3. The predicted octanol–water partition coefficient (Wildman–Crippen LogP) is 5.46. The fourth-order valence-electron chi connectivity index (χ4n) is 2.90. The van der Waals surface area contributed by atoms with Crippen molar-refractivity contribution in [1.29, 1.82) is 0 Å². The lowest BCUT2D eigenvalue weighted by atomic mass is 10.0. The zero-order chi connectivity index (χ0) is 22.4. The fraction of sp³-hybridized carbons (Fsp3) is 0.381. The van der Waals surface area contributed by atoms with Gasteiger partial charge in [0, 0.05) is 12.7 Å². The second-order valence-electron chi connectivity index (χ2n) is 7.21. The Labute approximate surface area is 183 Å². The van der Waals surface area contributed by atoms with Gasteiger partial charge in [-0.3, -0.25) is 0 Å². The quantitative estimate of drug-likeness (QED) is 0.466. The minimum atomic E-state index is -4.71. The van der Waals surface area contributed by atoms with Crippen LogP contribution in [0.25, 0.3) is 5.69 Å². The Kier molecular flexibility index (Phi) is 7.37. The highest BCUT2D eigenvalue weighted by molar-refractivity contribution is 6.33. The number of anilines is 1. The van der Waals surface area contributed by atoms with Crippen LogP contribution in [0.1, 0.15) is 31.5 Å².